The van der Waals surface area contributed by atoms with E-state index >= 15 is 0 Å². The van der Waals surface area contributed by atoms with Gasteiger partial charge in [-0.05, 0) is 19.4 Å². The molecule has 17 heavy (non-hydrogen) atoms. The first-order chi connectivity index (χ1) is 8.21. The Morgan fingerprint density at radius 1 is 1.59 bits per heavy atom. The van der Waals surface area contributed by atoms with Gasteiger partial charge in [-0.2, -0.15) is 5.10 Å². The van der Waals surface area contributed by atoms with Crippen LogP contribution in [0.25, 0.3) is 0 Å². The van der Waals surface area contributed by atoms with Crippen molar-refractivity contribution < 1.29 is 9.84 Å². The molecule has 1 aromatic rings. The highest BCUT2D eigenvalue weighted by molar-refractivity contribution is 4.99. The summed E-state index contributed by atoms with van der Waals surface area (Å²) in [6.07, 6.45) is 3.06. The summed E-state index contributed by atoms with van der Waals surface area (Å²) in [7, 11) is 1.63. The van der Waals surface area contributed by atoms with Crippen molar-refractivity contribution in [3.05, 3.63) is 18.0 Å². The van der Waals surface area contributed by atoms with Crippen LogP contribution < -0.4 is 5.32 Å². The number of aliphatic hydroxyl groups excluding tert-OH is 1. The number of aromatic nitrogens is 2. The fourth-order valence-electron chi connectivity index (χ4n) is 1.53. The zero-order valence-electron chi connectivity index (χ0n) is 10.9. The SMILES string of the molecule is CCC(C)n1ccc(CNC(CO)COC)n1. The number of ether oxygens (including phenoxy) is 1. The van der Waals surface area contributed by atoms with Crippen LogP contribution in [-0.4, -0.2) is 41.3 Å². The first kappa shape index (κ1) is 14.2. The second-order valence-electron chi connectivity index (χ2n) is 4.26. The Hall–Kier alpha value is -0.910. The van der Waals surface area contributed by atoms with Gasteiger partial charge < -0.3 is 15.2 Å². The molecule has 0 bridgehead atoms. The van der Waals surface area contributed by atoms with Gasteiger partial charge in [-0.15, -0.1) is 0 Å². The van der Waals surface area contributed by atoms with Crippen molar-refractivity contribution in [3.63, 3.8) is 0 Å². The predicted molar refractivity (Wildman–Crippen MR) is 66.8 cm³/mol. The minimum atomic E-state index is -0.0336. The van der Waals surface area contributed by atoms with Gasteiger partial charge >= 0.3 is 0 Å². The van der Waals surface area contributed by atoms with E-state index in [2.05, 4.69) is 24.3 Å². The molecular formula is C12H23N3O2. The first-order valence-corrected chi connectivity index (χ1v) is 6.08. The lowest BCUT2D eigenvalue weighted by atomic mass is 10.3. The van der Waals surface area contributed by atoms with Gasteiger partial charge in [-0.3, -0.25) is 4.68 Å². The Balaban J connectivity index is 2.43. The Labute approximate surface area is 103 Å². The van der Waals surface area contributed by atoms with E-state index in [1.807, 2.05) is 16.9 Å². The highest BCUT2D eigenvalue weighted by Gasteiger charge is 2.08. The topological polar surface area (TPSA) is 59.3 Å². The molecule has 0 amide bonds. The fraction of sp³-hybridized carbons (Fsp3) is 0.750. The van der Waals surface area contributed by atoms with Crippen molar-refractivity contribution in [2.45, 2.75) is 38.9 Å². The van der Waals surface area contributed by atoms with E-state index in [1.165, 1.54) is 0 Å². The normalized spacial score (nSPS) is 14.8. The zero-order chi connectivity index (χ0) is 12.7. The molecule has 0 aromatic carbocycles. The molecule has 0 aliphatic carbocycles. The molecule has 0 aliphatic rings. The maximum Gasteiger partial charge on any atom is 0.0762 e. The summed E-state index contributed by atoms with van der Waals surface area (Å²) in [6.45, 7) is 5.51. The van der Waals surface area contributed by atoms with Gasteiger partial charge in [0.1, 0.15) is 0 Å². The molecule has 1 heterocycles. The number of aliphatic hydroxyl groups is 1. The van der Waals surface area contributed by atoms with E-state index in [4.69, 9.17) is 9.84 Å². The summed E-state index contributed by atoms with van der Waals surface area (Å²) in [4.78, 5) is 0. The van der Waals surface area contributed by atoms with E-state index < -0.39 is 0 Å². The average molecular weight is 241 g/mol. The maximum absolute atomic E-state index is 9.10. The molecule has 0 radical (unpaired) electrons. The van der Waals surface area contributed by atoms with Gasteiger partial charge in [-0.1, -0.05) is 6.92 Å². The van der Waals surface area contributed by atoms with Gasteiger partial charge in [0.25, 0.3) is 0 Å². The van der Waals surface area contributed by atoms with Crippen LogP contribution in [0.1, 0.15) is 32.0 Å². The molecule has 2 atom stereocenters. The molecule has 5 nitrogen and oxygen atoms in total. The van der Waals surface area contributed by atoms with Crippen LogP contribution in [0.3, 0.4) is 0 Å². The third kappa shape index (κ3) is 4.46. The fourth-order valence-corrected chi connectivity index (χ4v) is 1.53. The lowest BCUT2D eigenvalue weighted by molar-refractivity contribution is 0.128. The van der Waals surface area contributed by atoms with Crippen molar-refractivity contribution in [1.29, 1.82) is 0 Å². The maximum atomic E-state index is 9.10. The van der Waals surface area contributed by atoms with Crippen molar-refractivity contribution in [2.75, 3.05) is 20.3 Å². The van der Waals surface area contributed by atoms with Crippen LogP contribution >= 0.6 is 0 Å². The summed E-state index contributed by atoms with van der Waals surface area (Å²) in [5.41, 5.74) is 0.986. The highest BCUT2D eigenvalue weighted by Crippen LogP contribution is 2.09. The molecule has 0 spiro atoms. The molecule has 1 aromatic heterocycles. The lowest BCUT2D eigenvalue weighted by Gasteiger charge is -2.14. The van der Waals surface area contributed by atoms with Crippen LogP contribution in [0.2, 0.25) is 0 Å². The molecule has 2 unspecified atom stereocenters. The largest absolute Gasteiger partial charge is 0.395 e. The summed E-state index contributed by atoms with van der Waals surface area (Å²) in [6, 6.07) is 2.39. The monoisotopic (exact) mass is 241 g/mol. The van der Waals surface area contributed by atoms with Crippen molar-refractivity contribution in [2.24, 2.45) is 0 Å². The molecule has 0 saturated carbocycles. The lowest BCUT2D eigenvalue weighted by Crippen LogP contribution is -2.36. The molecular weight excluding hydrogens is 218 g/mol. The quantitative estimate of drug-likeness (QED) is 0.711. The van der Waals surface area contributed by atoms with E-state index in [0.717, 1.165) is 12.1 Å². The average Bonchev–Trinajstić information content (AvgIpc) is 2.82. The number of nitrogens with zero attached hydrogens (tertiary/aromatic N) is 2. The van der Waals surface area contributed by atoms with Crippen LogP contribution in [0, 0.1) is 0 Å². The Kier molecular flexibility index (Phi) is 6.18. The van der Waals surface area contributed by atoms with Crippen molar-refractivity contribution in [1.82, 2.24) is 15.1 Å². The van der Waals surface area contributed by atoms with Gasteiger partial charge in [0.15, 0.2) is 0 Å². The van der Waals surface area contributed by atoms with E-state index in [0.29, 0.717) is 19.2 Å². The highest BCUT2D eigenvalue weighted by atomic mass is 16.5. The third-order valence-electron chi connectivity index (χ3n) is 2.87. The smallest absolute Gasteiger partial charge is 0.0762 e. The van der Waals surface area contributed by atoms with Gasteiger partial charge in [-0.25, -0.2) is 0 Å². The van der Waals surface area contributed by atoms with E-state index in [9.17, 15) is 0 Å². The van der Waals surface area contributed by atoms with Crippen molar-refractivity contribution in [3.8, 4) is 0 Å². The first-order valence-electron chi connectivity index (χ1n) is 6.08. The minimum absolute atomic E-state index is 0.0336. The van der Waals surface area contributed by atoms with E-state index in [1.54, 1.807) is 7.11 Å². The number of methoxy groups -OCH3 is 1. The molecule has 0 aliphatic heterocycles. The third-order valence-corrected chi connectivity index (χ3v) is 2.87. The number of hydrogen-bond donors (Lipinski definition) is 2. The van der Waals surface area contributed by atoms with Crippen LogP contribution in [0.5, 0.6) is 0 Å². The van der Waals surface area contributed by atoms with Gasteiger partial charge in [0, 0.05) is 25.9 Å². The van der Waals surface area contributed by atoms with Gasteiger partial charge in [0.2, 0.25) is 0 Å². The standard InChI is InChI=1S/C12H23N3O2/c1-4-10(2)15-6-5-11(14-15)7-13-12(8-16)9-17-3/h5-6,10,12-13,16H,4,7-9H2,1-3H3. The van der Waals surface area contributed by atoms with E-state index in [-0.39, 0.29) is 12.6 Å². The Bertz CT molecular complexity index is 314. The predicted octanol–water partition coefficient (Wildman–Crippen LogP) is 0.951. The molecule has 98 valence electrons. The second kappa shape index (κ2) is 7.42. The molecule has 0 saturated heterocycles. The Morgan fingerprint density at radius 3 is 2.94 bits per heavy atom. The summed E-state index contributed by atoms with van der Waals surface area (Å²) >= 11 is 0. The Morgan fingerprint density at radius 2 is 2.35 bits per heavy atom. The summed E-state index contributed by atoms with van der Waals surface area (Å²) in [5, 5.41) is 16.8. The number of rotatable bonds is 8. The zero-order valence-corrected chi connectivity index (χ0v) is 10.9. The summed E-state index contributed by atoms with van der Waals surface area (Å²) < 4.78 is 6.97. The molecule has 2 N–H and O–H groups in total. The van der Waals surface area contributed by atoms with Crippen molar-refractivity contribution >= 4 is 0 Å². The molecule has 0 fully saturated rings. The van der Waals surface area contributed by atoms with Gasteiger partial charge in [0.05, 0.1) is 24.9 Å². The minimum Gasteiger partial charge on any atom is -0.395 e. The second-order valence-corrected chi connectivity index (χ2v) is 4.26. The van der Waals surface area contributed by atoms with Crippen LogP contribution in [-0.2, 0) is 11.3 Å². The van der Waals surface area contributed by atoms with Crippen LogP contribution in [0.15, 0.2) is 12.3 Å². The van der Waals surface area contributed by atoms with Crippen LogP contribution in [0.4, 0.5) is 0 Å². The summed E-state index contributed by atoms with van der Waals surface area (Å²) in [5.74, 6) is 0. The molecule has 1 rings (SSSR count). The number of nitrogens with one attached hydrogen (secondary N) is 1. The molecule has 5 heteroatoms. The number of hydrogen-bond acceptors (Lipinski definition) is 4.